The Bertz CT molecular complexity index is 1610. The molecule has 0 amide bonds. The smallest absolute Gasteiger partial charge is 0.434 e. The van der Waals surface area contributed by atoms with Gasteiger partial charge in [-0.3, -0.25) is 0 Å². The van der Waals surface area contributed by atoms with E-state index in [0.29, 0.717) is 40.1 Å². The van der Waals surface area contributed by atoms with Crippen LogP contribution < -0.4 is 9.47 Å². The Labute approximate surface area is 241 Å². The molecule has 0 saturated carbocycles. The van der Waals surface area contributed by atoms with Gasteiger partial charge in [-0.05, 0) is 52.9 Å². The number of hydrogen-bond donors (Lipinski definition) is 0. The molecule has 0 radical (unpaired) electrons. The SMILES string of the molecule is CC(C)(C)c1ccccc1Oc1ncccc1Cc1nc(C(F)(F)F)c(-c2ccc(OCc3ccccc3)cc2)s1. The molecular formula is C33H29F3N2O2S. The molecule has 41 heavy (non-hydrogen) atoms. The monoisotopic (exact) mass is 574 g/mol. The zero-order valence-electron chi connectivity index (χ0n) is 22.9. The maximum absolute atomic E-state index is 14.1. The van der Waals surface area contributed by atoms with Gasteiger partial charge in [-0.15, -0.1) is 11.3 Å². The summed E-state index contributed by atoms with van der Waals surface area (Å²) in [7, 11) is 0. The molecule has 2 aromatic heterocycles. The summed E-state index contributed by atoms with van der Waals surface area (Å²) in [4.78, 5) is 8.49. The lowest BCUT2D eigenvalue weighted by atomic mass is 9.86. The first kappa shape index (κ1) is 28.4. The molecule has 8 heteroatoms. The Morgan fingerprint density at radius 3 is 2.22 bits per heavy atom. The number of rotatable bonds is 8. The Hall–Kier alpha value is -4.17. The van der Waals surface area contributed by atoms with Crippen molar-refractivity contribution in [3.8, 4) is 27.8 Å². The van der Waals surface area contributed by atoms with Gasteiger partial charge in [0.15, 0.2) is 5.69 Å². The van der Waals surface area contributed by atoms with E-state index in [2.05, 4.69) is 30.7 Å². The normalized spacial score (nSPS) is 11.9. The third-order valence-electron chi connectivity index (χ3n) is 6.40. The van der Waals surface area contributed by atoms with Gasteiger partial charge in [0, 0.05) is 23.7 Å². The van der Waals surface area contributed by atoms with Crippen LogP contribution in [0.1, 0.15) is 48.2 Å². The van der Waals surface area contributed by atoms with Gasteiger partial charge >= 0.3 is 6.18 Å². The summed E-state index contributed by atoms with van der Waals surface area (Å²) in [6.45, 7) is 6.64. The summed E-state index contributed by atoms with van der Waals surface area (Å²) < 4.78 is 54.3. The maximum Gasteiger partial charge on any atom is 0.434 e. The molecule has 0 atom stereocenters. The second-order valence-corrected chi connectivity index (χ2v) is 11.7. The fraction of sp³-hybridized carbons (Fsp3) is 0.212. The molecule has 0 N–H and O–H groups in total. The Morgan fingerprint density at radius 2 is 1.51 bits per heavy atom. The number of hydrogen-bond acceptors (Lipinski definition) is 5. The van der Waals surface area contributed by atoms with Crippen LogP contribution in [0.5, 0.6) is 17.4 Å². The second-order valence-electron chi connectivity index (χ2n) is 10.6. The van der Waals surface area contributed by atoms with Gasteiger partial charge in [0.25, 0.3) is 0 Å². The lowest BCUT2D eigenvalue weighted by Gasteiger charge is -2.22. The van der Waals surface area contributed by atoms with Crippen molar-refractivity contribution in [3.05, 3.63) is 125 Å². The number of para-hydroxylation sites is 1. The van der Waals surface area contributed by atoms with Gasteiger partial charge in [-0.1, -0.05) is 75.4 Å². The lowest BCUT2D eigenvalue weighted by molar-refractivity contribution is -0.140. The standard InChI is InChI=1S/C33H29F3N2O2S/c1-32(2,3)26-13-7-8-14-27(26)40-31-24(12-9-19-37-31)20-28-38-30(33(34,35)36)29(41-28)23-15-17-25(18-16-23)39-21-22-10-5-4-6-11-22/h4-19H,20-21H2,1-3H3. The Balaban J connectivity index is 1.40. The van der Waals surface area contributed by atoms with Gasteiger partial charge in [-0.2, -0.15) is 13.2 Å². The quantitative estimate of drug-likeness (QED) is 0.185. The largest absolute Gasteiger partial charge is 0.489 e. The van der Waals surface area contributed by atoms with Crippen molar-refractivity contribution in [2.45, 2.75) is 45.4 Å². The average Bonchev–Trinajstić information content (AvgIpc) is 3.38. The number of pyridine rings is 1. The lowest BCUT2D eigenvalue weighted by Crippen LogP contribution is -2.12. The summed E-state index contributed by atoms with van der Waals surface area (Å²) in [5.74, 6) is 1.57. The second kappa shape index (κ2) is 11.7. The molecule has 0 aliphatic rings. The van der Waals surface area contributed by atoms with Gasteiger partial charge < -0.3 is 9.47 Å². The van der Waals surface area contributed by atoms with Crippen molar-refractivity contribution in [2.24, 2.45) is 0 Å². The summed E-state index contributed by atoms with van der Waals surface area (Å²) in [5, 5.41) is 0.318. The highest BCUT2D eigenvalue weighted by Crippen LogP contribution is 2.42. The molecule has 0 fully saturated rings. The van der Waals surface area contributed by atoms with Crippen molar-refractivity contribution < 1.29 is 22.6 Å². The molecule has 3 aromatic carbocycles. The highest BCUT2D eigenvalue weighted by molar-refractivity contribution is 7.15. The number of alkyl halides is 3. The number of thiazole rings is 1. The van der Waals surface area contributed by atoms with Gasteiger partial charge in [0.2, 0.25) is 5.88 Å². The van der Waals surface area contributed by atoms with E-state index >= 15 is 0 Å². The van der Waals surface area contributed by atoms with Crippen LogP contribution in [0.25, 0.3) is 10.4 Å². The van der Waals surface area contributed by atoms with Crippen LogP contribution in [0.15, 0.2) is 97.2 Å². The maximum atomic E-state index is 14.1. The molecule has 2 heterocycles. The van der Waals surface area contributed by atoms with Crippen LogP contribution in [0.2, 0.25) is 0 Å². The third-order valence-corrected chi connectivity index (χ3v) is 7.50. The molecule has 0 bridgehead atoms. The topological polar surface area (TPSA) is 44.2 Å². The summed E-state index contributed by atoms with van der Waals surface area (Å²) >= 11 is 1.02. The fourth-order valence-corrected chi connectivity index (χ4v) is 5.48. The van der Waals surface area contributed by atoms with Crippen LogP contribution in [-0.2, 0) is 24.6 Å². The number of benzene rings is 3. The molecule has 0 spiro atoms. The van der Waals surface area contributed by atoms with Crippen LogP contribution >= 0.6 is 11.3 Å². The molecule has 4 nitrogen and oxygen atoms in total. The third kappa shape index (κ3) is 6.95. The van der Waals surface area contributed by atoms with Crippen LogP contribution in [0.4, 0.5) is 13.2 Å². The minimum atomic E-state index is -4.60. The van der Waals surface area contributed by atoms with Crippen molar-refractivity contribution in [2.75, 3.05) is 0 Å². The summed E-state index contributed by atoms with van der Waals surface area (Å²) in [5.41, 5.74) is 2.01. The van der Waals surface area contributed by atoms with E-state index in [1.165, 1.54) is 0 Å². The van der Waals surface area contributed by atoms with E-state index in [9.17, 15) is 13.2 Å². The minimum Gasteiger partial charge on any atom is -0.489 e. The molecule has 0 aliphatic carbocycles. The van der Waals surface area contributed by atoms with Crippen molar-refractivity contribution >= 4 is 11.3 Å². The zero-order chi connectivity index (χ0) is 29.0. The minimum absolute atomic E-state index is 0.0616. The van der Waals surface area contributed by atoms with Gasteiger partial charge in [0.1, 0.15) is 18.1 Å². The van der Waals surface area contributed by atoms with E-state index in [-0.39, 0.29) is 16.7 Å². The predicted molar refractivity (Wildman–Crippen MR) is 156 cm³/mol. The molecule has 0 aliphatic heterocycles. The molecule has 5 aromatic rings. The molecule has 5 rings (SSSR count). The molecular weight excluding hydrogens is 545 g/mol. The summed E-state index contributed by atoms with van der Waals surface area (Å²) in [6, 6.07) is 27.5. The Morgan fingerprint density at radius 1 is 0.805 bits per heavy atom. The first-order valence-electron chi connectivity index (χ1n) is 13.1. The highest BCUT2D eigenvalue weighted by atomic mass is 32.1. The highest BCUT2D eigenvalue weighted by Gasteiger charge is 2.38. The fourth-order valence-electron chi connectivity index (χ4n) is 4.36. The van der Waals surface area contributed by atoms with E-state index in [0.717, 1.165) is 22.5 Å². The van der Waals surface area contributed by atoms with E-state index in [1.54, 1.807) is 42.6 Å². The molecule has 0 saturated heterocycles. The molecule has 0 unspecified atom stereocenters. The van der Waals surface area contributed by atoms with Crippen molar-refractivity contribution in [1.29, 1.82) is 0 Å². The number of ether oxygens (including phenoxy) is 2. The van der Waals surface area contributed by atoms with Crippen LogP contribution in [0, 0.1) is 0 Å². The van der Waals surface area contributed by atoms with E-state index in [1.807, 2.05) is 54.6 Å². The average molecular weight is 575 g/mol. The van der Waals surface area contributed by atoms with Crippen LogP contribution in [0.3, 0.4) is 0 Å². The Kier molecular flexibility index (Phi) is 8.13. The zero-order valence-corrected chi connectivity index (χ0v) is 23.7. The van der Waals surface area contributed by atoms with Crippen molar-refractivity contribution in [1.82, 2.24) is 9.97 Å². The number of aromatic nitrogens is 2. The first-order chi connectivity index (χ1) is 19.6. The van der Waals surface area contributed by atoms with E-state index in [4.69, 9.17) is 9.47 Å². The summed E-state index contributed by atoms with van der Waals surface area (Å²) in [6.07, 6.45) is -2.85. The number of halogens is 3. The van der Waals surface area contributed by atoms with Crippen LogP contribution in [-0.4, -0.2) is 9.97 Å². The van der Waals surface area contributed by atoms with Crippen molar-refractivity contribution in [3.63, 3.8) is 0 Å². The first-order valence-corrected chi connectivity index (χ1v) is 13.9. The van der Waals surface area contributed by atoms with Gasteiger partial charge in [-0.25, -0.2) is 9.97 Å². The number of nitrogens with zero attached hydrogens (tertiary/aromatic N) is 2. The van der Waals surface area contributed by atoms with E-state index < -0.39 is 11.9 Å². The predicted octanol–water partition coefficient (Wildman–Crippen LogP) is 9.48. The van der Waals surface area contributed by atoms with Gasteiger partial charge in [0.05, 0.1) is 9.88 Å². The molecule has 210 valence electrons.